The van der Waals surface area contributed by atoms with E-state index in [9.17, 15) is 28.1 Å². The SMILES string of the molecule is CC(NC(=O)Cn1cnc2cccc([N+](=O)[O-])c21)c1ccc(OC(F)(F)F)cc1. The Bertz CT molecular complexity index is 1050. The van der Waals surface area contributed by atoms with Crippen LogP contribution in [0.15, 0.2) is 48.8 Å². The second-order valence-corrected chi connectivity index (χ2v) is 6.18. The van der Waals surface area contributed by atoms with Crippen LogP contribution in [-0.2, 0) is 11.3 Å². The maximum atomic E-state index is 12.4. The van der Waals surface area contributed by atoms with Crippen LogP contribution in [-0.4, -0.2) is 26.7 Å². The van der Waals surface area contributed by atoms with E-state index in [1.54, 1.807) is 13.0 Å². The van der Waals surface area contributed by atoms with Gasteiger partial charge in [0, 0.05) is 6.07 Å². The van der Waals surface area contributed by atoms with Crippen molar-refractivity contribution in [1.82, 2.24) is 14.9 Å². The standard InChI is InChI=1S/C18H15F3N4O4/c1-11(12-5-7-13(8-6-12)29-18(19,20)21)23-16(26)9-24-10-22-14-3-2-4-15(17(14)24)25(27)28/h2-8,10-11H,9H2,1H3,(H,23,26). The average molecular weight is 408 g/mol. The first kappa shape index (κ1) is 20.1. The predicted molar refractivity (Wildman–Crippen MR) is 96.1 cm³/mol. The molecule has 3 aromatic rings. The molecule has 0 aliphatic rings. The number of hydrogen-bond acceptors (Lipinski definition) is 5. The molecule has 1 amide bonds. The van der Waals surface area contributed by atoms with Crippen LogP contribution in [0.2, 0.25) is 0 Å². The number of para-hydroxylation sites is 1. The fourth-order valence-corrected chi connectivity index (χ4v) is 2.86. The molecule has 0 aliphatic heterocycles. The largest absolute Gasteiger partial charge is 0.573 e. The minimum absolute atomic E-state index is 0.166. The summed E-state index contributed by atoms with van der Waals surface area (Å²) in [5.74, 6) is -0.803. The first-order valence-corrected chi connectivity index (χ1v) is 8.37. The van der Waals surface area contributed by atoms with Gasteiger partial charge in [-0.25, -0.2) is 4.98 Å². The number of fused-ring (bicyclic) bond motifs is 1. The molecule has 1 N–H and O–H groups in total. The van der Waals surface area contributed by atoms with Gasteiger partial charge in [0.15, 0.2) is 0 Å². The average Bonchev–Trinajstić information content (AvgIpc) is 3.03. The van der Waals surface area contributed by atoms with Crippen LogP contribution in [0.5, 0.6) is 5.75 Å². The Hall–Kier alpha value is -3.63. The number of rotatable bonds is 6. The molecule has 0 radical (unpaired) electrons. The van der Waals surface area contributed by atoms with Gasteiger partial charge in [0.05, 0.1) is 22.8 Å². The van der Waals surface area contributed by atoms with Crippen molar-refractivity contribution < 1.29 is 27.6 Å². The lowest BCUT2D eigenvalue weighted by atomic mass is 10.1. The summed E-state index contributed by atoms with van der Waals surface area (Å²) in [6.45, 7) is 1.45. The second-order valence-electron chi connectivity index (χ2n) is 6.18. The molecule has 0 aliphatic carbocycles. The maximum Gasteiger partial charge on any atom is 0.573 e. The van der Waals surface area contributed by atoms with Gasteiger partial charge in [-0.2, -0.15) is 0 Å². The molecule has 1 unspecified atom stereocenters. The first-order chi connectivity index (χ1) is 13.6. The number of aromatic nitrogens is 2. The summed E-state index contributed by atoms with van der Waals surface area (Å²) in [5, 5.41) is 13.9. The van der Waals surface area contributed by atoms with E-state index in [4.69, 9.17) is 0 Å². The number of amides is 1. The van der Waals surface area contributed by atoms with E-state index in [-0.39, 0.29) is 23.5 Å². The molecule has 8 nitrogen and oxygen atoms in total. The van der Waals surface area contributed by atoms with Crippen molar-refractivity contribution in [1.29, 1.82) is 0 Å². The summed E-state index contributed by atoms with van der Waals surface area (Å²) in [4.78, 5) is 27.1. The summed E-state index contributed by atoms with van der Waals surface area (Å²) in [7, 11) is 0. The van der Waals surface area contributed by atoms with E-state index in [0.29, 0.717) is 11.1 Å². The summed E-state index contributed by atoms with van der Waals surface area (Å²) >= 11 is 0. The molecular weight excluding hydrogens is 393 g/mol. The van der Waals surface area contributed by atoms with E-state index in [1.807, 2.05) is 0 Å². The monoisotopic (exact) mass is 408 g/mol. The van der Waals surface area contributed by atoms with Crippen LogP contribution in [0.4, 0.5) is 18.9 Å². The van der Waals surface area contributed by atoms with Crippen molar-refractivity contribution in [3.63, 3.8) is 0 Å². The van der Waals surface area contributed by atoms with Gasteiger partial charge in [0.25, 0.3) is 5.69 Å². The van der Waals surface area contributed by atoms with Crippen LogP contribution in [0.1, 0.15) is 18.5 Å². The Morgan fingerprint density at radius 2 is 1.97 bits per heavy atom. The van der Waals surface area contributed by atoms with Gasteiger partial charge in [-0.15, -0.1) is 13.2 Å². The van der Waals surface area contributed by atoms with Gasteiger partial charge in [-0.05, 0) is 30.7 Å². The summed E-state index contributed by atoms with van der Waals surface area (Å²) in [6, 6.07) is 9.04. The molecule has 152 valence electrons. The number of non-ortho nitro benzene ring substituents is 1. The molecule has 1 heterocycles. The fraction of sp³-hybridized carbons (Fsp3) is 0.222. The third-order valence-corrected chi connectivity index (χ3v) is 4.12. The maximum absolute atomic E-state index is 12.4. The van der Waals surface area contributed by atoms with Gasteiger partial charge in [0.1, 0.15) is 17.8 Å². The zero-order chi connectivity index (χ0) is 21.2. The Kier molecular flexibility index (Phi) is 5.39. The normalized spacial score (nSPS) is 12.6. The third-order valence-electron chi connectivity index (χ3n) is 4.12. The summed E-state index contributed by atoms with van der Waals surface area (Å²) in [6.07, 6.45) is -3.44. The number of nitro groups is 1. The highest BCUT2D eigenvalue weighted by Gasteiger charge is 2.31. The van der Waals surface area contributed by atoms with Crippen molar-refractivity contribution in [2.24, 2.45) is 0 Å². The number of nitro benzene ring substituents is 1. The minimum atomic E-state index is -4.78. The Balaban J connectivity index is 1.70. The van der Waals surface area contributed by atoms with E-state index in [0.717, 1.165) is 12.1 Å². The van der Waals surface area contributed by atoms with Crippen molar-refractivity contribution in [2.75, 3.05) is 0 Å². The van der Waals surface area contributed by atoms with Crippen LogP contribution >= 0.6 is 0 Å². The quantitative estimate of drug-likeness (QED) is 0.495. The van der Waals surface area contributed by atoms with E-state index < -0.39 is 23.2 Å². The number of benzene rings is 2. The molecule has 29 heavy (non-hydrogen) atoms. The third kappa shape index (κ3) is 4.81. The van der Waals surface area contributed by atoms with Crippen molar-refractivity contribution >= 4 is 22.6 Å². The molecule has 3 rings (SSSR count). The molecule has 1 aromatic heterocycles. The lowest BCUT2D eigenvalue weighted by Crippen LogP contribution is -2.30. The molecule has 0 saturated heterocycles. The van der Waals surface area contributed by atoms with Crippen LogP contribution in [0.25, 0.3) is 11.0 Å². The lowest BCUT2D eigenvalue weighted by Gasteiger charge is -2.16. The number of alkyl halides is 3. The number of imidazole rings is 1. The van der Waals surface area contributed by atoms with Crippen LogP contribution in [0.3, 0.4) is 0 Å². The Morgan fingerprint density at radius 1 is 1.28 bits per heavy atom. The molecule has 1 atom stereocenters. The highest BCUT2D eigenvalue weighted by atomic mass is 19.4. The lowest BCUT2D eigenvalue weighted by molar-refractivity contribution is -0.383. The molecule has 0 fully saturated rings. The number of carbonyl (C=O) groups excluding carboxylic acids is 1. The number of nitrogens with zero attached hydrogens (tertiary/aromatic N) is 3. The van der Waals surface area contributed by atoms with Gasteiger partial charge in [0.2, 0.25) is 5.91 Å². The van der Waals surface area contributed by atoms with Gasteiger partial charge >= 0.3 is 6.36 Å². The molecule has 11 heteroatoms. The van der Waals surface area contributed by atoms with Crippen molar-refractivity contribution in [3.8, 4) is 5.75 Å². The molecule has 0 bridgehead atoms. The summed E-state index contributed by atoms with van der Waals surface area (Å²) in [5.41, 5.74) is 1.02. The van der Waals surface area contributed by atoms with E-state index in [2.05, 4.69) is 15.0 Å². The number of hydrogen-bond donors (Lipinski definition) is 1. The minimum Gasteiger partial charge on any atom is -0.406 e. The number of nitrogens with one attached hydrogen (secondary N) is 1. The number of halogens is 3. The Labute approximate surface area is 162 Å². The molecule has 0 saturated carbocycles. The highest BCUT2D eigenvalue weighted by molar-refractivity contribution is 5.87. The van der Waals surface area contributed by atoms with E-state index >= 15 is 0 Å². The number of carbonyl (C=O) groups is 1. The zero-order valence-corrected chi connectivity index (χ0v) is 15.0. The fourth-order valence-electron chi connectivity index (χ4n) is 2.86. The number of ether oxygens (including phenoxy) is 1. The van der Waals surface area contributed by atoms with Crippen molar-refractivity contribution in [2.45, 2.75) is 25.9 Å². The zero-order valence-electron chi connectivity index (χ0n) is 15.0. The van der Waals surface area contributed by atoms with Crippen molar-refractivity contribution in [3.05, 3.63) is 64.5 Å². The smallest absolute Gasteiger partial charge is 0.406 e. The summed E-state index contributed by atoms with van der Waals surface area (Å²) < 4.78 is 41.8. The predicted octanol–water partition coefficient (Wildman–Crippen LogP) is 3.72. The van der Waals surface area contributed by atoms with Gasteiger partial charge < -0.3 is 14.6 Å². The topological polar surface area (TPSA) is 99.3 Å². The molecular formula is C18H15F3N4O4. The molecule has 2 aromatic carbocycles. The first-order valence-electron chi connectivity index (χ1n) is 8.37. The van der Waals surface area contributed by atoms with Crippen LogP contribution < -0.4 is 10.1 Å². The second kappa shape index (κ2) is 7.78. The molecule has 0 spiro atoms. The van der Waals surface area contributed by atoms with E-state index in [1.165, 1.54) is 35.2 Å². The van der Waals surface area contributed by atoms with Gasteiger partial charge in [-0.1, -0.05) is 18.2 Å². The highest BCUT2D eigenvalue weighted by Crippen LogP contribution is 2.26. The van der Waals surface area contributed by atoms with Gasteiger partial charge in [-0.3, -0.25) is 14.9 Å². The Morgan fingerprint density at radius 3 is 2.59 bits per heavy atom. The van der Waals surface area contributed by atoms with Crippen LogP contribution in [0, 0.1) is 10.1 Å².